The summed E-state index contributed by atoms with van der Waals surface area (Å²) in [5.74, 6) is 0.529. The highest BCUT2D eigenvalue weighted by atomic mass is 15.2. The first-order valence-corrected chi connectivity index (χ1v) is 4.47. The van der Waals surface area contributed by atoms with Crippen molar-refractivity contribution < 1.29 is 0 Å². The maximum Gasteiger partial charge on any atom is 0.200 e. The van der Waals surface area contributed by atoms with E-state index in [2.05, 4.69) is 16.9 Å². The van der Waals surface area contributed by atoms with Crippen molar-refractivity contribution in [3.05, 3.63) is 42.5 Å². The van der Waals surface area contributed by atoms with Crippen LogP contribution in [0.2, 0.25) is 0 Å². The third-order valence-electron chi connectivity index (χ3n) is 2.28. The van der Waals surface area contributed by atoms with Crippen molar-refractivity contribution in [2.24, 2.45) is 0 Å². The highest BCUT2D eigenvalue weighted by Crippen LogP contribution is 2.18. The number of nitrogens with two attached hydrogens (primary N) is 1. The Hall–Kier alpha value is -1.84. The van der Waals surface area contributed by atoms with E-state index >= 15 is 0 Å². The van der Waals surface area contributed by atoms with E-state index in [4.69, 9.17) is 5.73 Å². The van der Waals surface area contributed by atoms with Gasteiger partial charge < -0.3 is 10.3 Å². The average molecular weight is 188 g/mol. The van der Waals surface area contributed by atoms with Crippen LogP contribution in [0.1, 0.15) is 18.5 Å². The predicted octanol–water partition coefficient (Wildman–Crippen LogP) is 1.47. The van der Waals surface area contributed by atoms with E-state index < -0.39 is 0 Å². The van der Waals surface area contributed by atoms with E-state index in [0.717, 1.165) is 5.56 Å². The standard InChI is InChI=1S/C10H12N4/c1-8(9-3-2-4-12-7-9)14-6-5-13-10(14)11/h2-8H,1H3,(H2,11,13). The summed E-state index contributed by atoms with van der Waals surface area (Å²) in [5, 5.41) is 0. The maximum absolute atomic E-state index is 5.71. The minimum absolute atomic E-state index is 0.172. The summed E-state index contributed by atoms with van der Waals surface area (Å²) in [6.07, 6.45) is 7.16. The minimum Gasteiger partial charge on any atom is -0.369 e. The zero-order valence-electron chi connectivity index (χ0n) is 7.96. The van der Waals surface area contributed by atoms with Crippen LogP contribution in [-0.4, -0.2) is 14.5 Å². The van der Waals surface area contributed by atoms with Gasteiger partial charge >= 0.3 is 0 Å². The fourth-order valence-electron chi connectivity index (χ4n) is 1.44. The number of hydrogen-bond acceptors (Lipinski definition) is 3. The molecule has 0 aliphatic rings. The number of anilines is 1. The van der Waals surface area contributed by atoms with E-state index in [0.29, 0.717) is 5.95 Å². The minimum atomic E-state index is 0.172. The van der Waals surface area contributed by atoms with E-state index in [1.54, 1.807) is 12.4 Å². The Balaban J connectivity index is 2.34. The van der Waals surface area contributed by atoms with Crippen LogP contribution >= 0.6 is 0 Å². The van der Waals surface area contributed by atoms with Gasteiger partial charge in [0.1, 0.15) is 0 Å². The van der Waals surface area contributed by atoms with E-state index in [-0.39, 0.29) is 6.04 Å². The quantitative estimate of drug-likeness (QED) is 0.776. The van der Waals surface area contributed by atoms with Gasteiger partial charge in [0.2, 0.25) is 5.95 Å². The van der Waals surface area contributed by atoms with E-state index in [9.17, 15) is 0 Å². The average Bonchev–Trinajstić information content (AvgIpc) is 2.65. The molecule has 4 heteroatoms. The molecule has 0 radical (unpaired) electrons. The molecule has 72 valence electrons. The Morgan fingerprint density at radius 2 is 2.29 bits per heavy atom. The molecule has 0 saturated heterocycles. The van der Waals surface area contributed by atoms with E-state index in [1.807, 2.05) is 29.1 Å². The smallest absolute Gasteiger partial charge is 0.200 e. The van der Waals surface area contributed by atoms with Gasteiger partial charge in [-0.15, -0.1) is 0 Å². The molecule has 0 spiro atoms. The van der Waals surface area contributed by atoms with Crippen molar-refractivity contribution in [3.8, 4) is 0 Å². The molecule has 2 N–H and O–H groups in total. The molecule has 1 unspecified atom stereocenters. The third-order valence-corrected chi connectivity index (χ3v) is 2.28. The summed E-state index contributed by atoms with van der Waals surface area (Å²) in [6, 6.07) is 4.11. The van der Waals surface area contributed by atoms with Crippen molar-refractivity contribution in [1.82, 2.24) is 14.5 Å². The number of imidazole rings is 1. The largest absolute Gasteiger partial charge is 0.369 e. The van der Waals surface area contributed by atoms with Crippen LogP contribution < -0.4 is 5.73 Å². The molecule has 4 nitrogen and oxygen atoms in total. The molecule has 14 heavy (non-hydrogen) atoms. The van der Waals surface area contributed by atoms with Crippen molar-refractivity contribution >= 4 is 5.95 Å². The van der Waals surface area contributed by atoms with Crippen LogP contribution in [0.25, 0.3) is 0 Å². The van der Waals surface area contributed by atoms with Crippen molar-refractivity contribution in [1.29, 1.82) is 0 Å². The summed E-state index contributed by atoms with van der Waals surface area (Å²) in [6.45, 7) is 2.06. The summed E-state index contributed by atoms with van der Waals surface area (Å²) in [7, 11) is 0. The van der Waals surface area contributed by atoms with Gasteiger partial charge in [0.05, 0.1) is 6.04 Å². The molecule has 2 aromatic heterocycles. The molecule has 2 aromatic rings. The Kier molecular flexibility index (Phi) is 2.18. The lowest BCUT2D eigenvalue weighted by Gasteiger charge is -2.14. The van der Waals surface area contributed by atoms with Gasteiger partial charge in [-0.25, -0.2) is 4.98 Å². The lowest BCUT2D eigenvalue weighted by molar-refractivity contribution is 0.646. The van der Waals surface area contributed by atoms with Gasteiger partial charge in [-0.1, -0.05) is 6.07 Å². The number of hydrogen-bond donors (Lipinski definition) is 1. The number of rotatable bonds is 2. The second-order valence-corrected chi connectivity index (χ2v) is 3.16. The number of pyridine rings is 1. The van der Waals surface area contributed by atoms with Crippen LogP contribution in [-0.2, 0) is 0 Å². The molecule has 2 heterocycles. The van der Waals surface area contributed by atoms with Crippen LogP contribution in [0.4, 0.5) is 5.95 Å². The fourth-order valence-corrected chi connectivity index (χ4v) is 1.44. The SMILES string of the molecule is CC(c1cccnc1)n1ccnc1N. The van der Waals surface area contributed by atoms with Crippen LogP contribution in [0.3, 0.4) is 0 Å². The molecule has 0 fully saturated rings. The summed E-state index contributed by atoms with van der Waals surface area (Å²) in [5.41, 5.74) is 6.83. The number of nitrogens with zero attached hydrogens (tertiary/aromatic N) is 3. The maximum atomic E-state index is 5.71. The highest BCUT2D eigenvalue weighted by molar-refractivity contribution is 5.23. The summed E-state index contributed by atoms with van der Waals surface area (Å²) in [4.78, 5) is 8.05. The Labute approximate surface area is 82.4 Å². The van der Waals surface area contributed by atoms with E-state index in [1.165, 1.54) is 0 Å². The van der Waals surface area contributed by atoms with Gasteiger partial charge in [-0.3, -0.25) is 4.98 Å². The first-order valence-electron chi connectivity index (χ1n) is 4.47. The summed E-state index contributed by atoms with van der Waals surface area (Å²) >= 11 is 0. The molecule has 0 amide bonds. The lowest BCUT2D eigenvalue weighted by atomic mass is 10.1. The first kappa shape index (κ1) is 8.74. The van der Waals surface area contributed by atoms with Gasteiger partial charge in [0.15, 0.2) is 0 Å². The van der Waals surface area contributed by atoms with Crippen molar-refractivity contribution in [3.63, 3.8) is 0 Å². The molecule has 1 atom stereocenters. The molecule has 2 rings (SSSR count). The highest BCUT2D eigenvalue weighted by Gasteiger charge is 2.09. The molecule has 0 aliphatic heterocycles. The zero-order chi connectivity index (χ0) is 9.97. The Bertz CT molecular complexity index is 407. The number of nitrogen functional groups attached to an aromatic ring is 1. The molecular weight excluding hydrogens is 176 g/mol. The Morgan fingerprint density at radius 3 is 2.86 bits per heavy atom. The molecule has 0 bridgehead atoms. The second-order valence-electron chi connectivity index (χ2n) is 3.16. The van der Waals surface area contributed by atoms with Gasteiger partial charge in [0.25, 0.3) is 0 Å². The fraction of sp³-hybridized carbons (Fsp3) is 0.200. The molecule has 0 aromatic carbocycles. The zero-order valence-corrected chi connectivity index (χ0v) is 7.96. The van der Waals surface area contributed by atoms with Crippen molar-refractivity contribution in [2.75, 3.05) is 5.73 Å². The third kappa shape index (κ3) is 1.46. The molecular formula is C10H12N4. The molecule has 0 saturated carbocycles. The van der Waals surface area contributed by atoms with Gasteiger partial charge in [0, 0.05) is 24.8 Å². The topological polar surface area (TPSA) is 56.7 Å². The van der Waals surface area contributed by atoms with Gasteiger partial charge in [-0.05, 0) is 18.6 Å². The summed E-state index contributed by atoms with van der Waals surface area (Å²) < 4.78 is 1.91. The van der Waals surface area contributed by atoms with Crippen molar-refractivity contribution in [2.45, 2.75) is 13.0 Å². The lowest BCUT2D eigenvalue weighted by Crippen LogP contribution is -2.09. The van der Waals surface area contributed by atoms with Crippen LogP contribution in [0, 0.1) is 0 Å². The van der Waals surface area contributed by atoms with Crippen LogP contribution in [0.15, 0.2) is 36.9 Å². The van der Waals surface area contributed by atoms with Crippen LogP contribution in [0.5, 0.6) is 0 Å². The Morgan fingerprint density at radius 1 is 1.43 bits per heavy atom. The predicted molar refractivity (Wildman–Crippen MR) is 54.7 cm³/mol. The normalized spacial score (nSPS) is 12.6. The van der Waals surface area contributed by atoms with Gasteiger partial charge in [-0.2, -0.15) is 0 Å². The molecule has 0 aliphatic carbocycles. The monoisotopic (exact) mass is 188 g/mol. The second kappa shape index (κ2) is 3.49. The first-order chi connectivity index (χ1) is 6.79. The number of aromatic nitrogens is 3.